The quantitative estimate of drug-likeness (QED) is 0.0644. The lowest BCUT2D eigenvalue weighted by molar-refractivity contribution is -0.0936. The van der Waals surface area contributed by atoms with E-state index in [1.807, 2.05) is 97.1 Å². The molecule has 11 rings (SSSR count). The molecule has 5 N–H and O–H groups in total. The van der Waals surface area contributed by atoms with Crippen LogP contribution < -0.4 is 20.9 Å². The van der Waals surface area contributed by atoms with E-state index >= 15 is 4.57 Å². The van der Waals surface area contributed by atoms with Crippen molar-refractivity contribution in [3.63, 3.8) is 0 Å². The number of rotatable bonds is 19. The third-order valence-electron chi connectivity index (χ3n) is 14.4. The second kappa shape index (κ2) is 22.0. The fraction of sp³-hybridized carbons (Fsp3) is 0.358. The third-order valence-corrected chi connectivity index (χ3v) is 16.5. The maximum absolute atomic E-state index is 16.2. The summed E-state index contributed by atoms with van der Waals surface area (Å²) in [7, 11) is 0.357. The number of hydrogen-bond donors (Lipinski definition) is 3. The average molecular weight is 1060 g/mol. The highest BCUT2D eigenvalue weighted by molar-refractivity contribution is 7.51. The van der Waals surface area contributed by atoms with Gasteiger partial charge in [-0.2, -0.15) is 0 Å². The van der Waals surface area contributed by atoms with Crippen LogP contribution in [-0.2, 0) is 44.7 Å². The Morgan fingerprint density at radius 1 is 0.671 bits per heavy atom. The van der Waals surface area contributed by atoms with Gasteiger partial charge in [-0.25, -0.2) is 39.1 Å². The first kappa shape index (κ1) is 51.2. The summed E-state index contributed by atoms with van der Waals surface area (Å²) in [6.45, 7) is 2.04. The Morgan fingerprint density at radius 3 is 1.83 bits per heavy atom. The van der Waals surface area contributed by atoms with Crippen molar-refractivity contribution >= 4 is 41.7 Å². The number of aromatic nitrogens is 8. The molecule has 4 aromatic carbocycles. The molecular formula is C53H59N12O10P. The highest BCUT2D eigenvalue weighted by Crippen LogP contribution is 2.56. The zero-order chi connectivity index (χ0) is 52.4. The summed E-state index contributed by atoms with van der Waals surface area (Å²) in [6, 6.07) is 35.6. The van der Waals surface area contributed by atoms with E-state index < -0.39 is 56.3 Å². The Balaban J connectivity index is 0.947. The molecule has 4 aromatic heterocycles. The van der Waals surface area contributed by atoms with Gasteiger partial charge in [0, 0.05) is 46.3 Å². The Bertz CT molecular complexity index is 3230. The molecule has 1 unspecified atom stereocenters. The van der Waals surface area contributed by atoms with Gasteiger partial charge in [-0.1, -0.05) is 84.9 Å². The summed E-state index contributed by atoms with van der Waals surface area (Å²) < 4.78 is 72.9. The van der Waals surface area contributed by atoms with Gasteiger partial charge in [0.05, 0.1) is 40.1 Å². The Kier molecular flexibility index (Phi) is 14.8. The van der Waals surface area contributed by atoms with Crippen LogP contribution in [0.3, 0.4) is 0 Å². The van der Waals surface area contributed by atoms with E-state index in [1.165, 1.54) is 26.1 Å². The SMILES string of the molecule is COc1ccc(C(OC[C@H]2O[C@@H](n3cnc4c(N)ncnc43)C[C@@H]2OP(=O)(OC[C@H]2O[C@@H](n3cnc4c(N)ncnc43)[C@H](OC)[C@@H]2O)N2CCN(Cc3ccccc3)CC2)(c2ccccc2)c2ccc(OC)cc2)cc1. The Hall–Kier alpha value is -6.95. The molecule has 3 saturated heterocycles. The van der Waals surface area contributed by atoms with Crippen molar-refractivity contribution in [3.8, 4) is 11.5 Å². The number of benzene rings is 4. The number of methoxy groups -OCH3 is 3. The van der Waals surface area contributed by atoms with Crippen LogP contribution in [0.5, 0.6) is 11.5 Å². The minimum atomic E-state index is -4.35. The first-order valence-electron chi connectivity index (χ1n) is 24.9. The molecule has 3 aliphatic heterocycles. The molecule has 0 spiro atoms. The van der Waals surface area contributed by atoms with Crippen LogP contribution in [0.2, 0.25) is 0 Å². The van der Waals surface area contributed by atoms with Crippen molar-refractivity contribution in [2.45, 2.75) is 61.5 Å². The summed E-state index contributed by atoms with van der Waals surface area (Å²) >= 11 is 0. The van der Waals surface area contributed by atoms with Gasteiger partial charge in [0.2, 0.25) is 0 Å². The molecule has 76 heavy (non-hydrogen) atoms. The van der Waals surface area contributed by atoms with Crippen LogP contribution in [0.25, 0.3) is 22.3 Å². The van der Waals surface area contributed by atoms with E-state index in [9.17, 15) is 5.11 Å². The zero-order valence-corrected chi connectivity index (χ0v) is 43.0. The highest BCUT2D eigenvalue weighted by atomic mass is 31.2. The van der Waals surface area contributed by atoms with Gasteiger partial charge in [-0.05, 0) is 46.5 Å². The van der Waals surface area contributed by atoms with Crippen LogP contribution in [0.4, 0.5) is 11.6 Å². The number of aliphatic hydroxyl groups excluding tert-OH is 1. The maximum Gasteiger partial charge on any atom is 0.408 e. The lowest BCUT2D eigenvalue weighted by Gasteiger charge is -2.39. The van der Waals surface area contributed by atoms with Gasteiger partial charge in [-0.3, -0.25) is 23.1 Å². The van der Waals surface area contributed by atoms with Crippen LogP contribution in [0.15, 0.2) is 135 Å². The molecule has 0 amide bonds. The summed E-state index contributed by atoms with van der Waals surface area (Å²) in [5.41, 5.74) is 16.3. The van der Waals surface area contributed by atoms with E-state index in [-0.39, 0.29) is 31.3 Å². The first-order chi connectivity index (χ1) is 37.1. The van der Waals surface area contributed by atoms with E-state index in [2.05, 4.69) is 46.9 Å². The second-order valence-corrected chi connectivity index (χ2v) is 20.7. The topological polar surface area (TPSA) is 257 Å². The lowest BCUT2D eigenvalue weighted by Crippen LogP contribution is -2.46. The fourth-order valence-corrected chi connectivity index (χ4v) is 12.3. The maximum atomic E-state index is 16.2. The monoisotopic (exact) mass is 1050 g/mol. The molecule has 0 aliphatic carbocycles. The van der Waals surface area contributed by atoms with E-state index in [0.717, 1.165) is 22.3 Å². The molecule has 8 atom stereocenters. The predicted octanol–water partition coefficient (Wildman–Crippen LogP) is 5.75. The number of nitrogens with two attached hydrogens (primary N) is 2. The van der Waals surface area contributed by atoms with Gasteiger partial charge in [0.15, 0.2) is 29.2 Å². The Morgan fingerprint density at radius 2 is 1.24 bits per heavy atom. The number of anilines is 2. The molecule has 3 aliphatic rings. The number of aliphatic hydroxyl groups is 1. The molecule has 22 nitrogen and oxygen atoms in total. The van der Waals surface area contributed by atoms with Gasteiger partial charge in [0.1, 0.15) is 77.5 Å². The van der Waals surface area contributed by atoms with E-state index in [4.69, 9.17) is 48.9 Å². The minimum Gasteiger partial charge on any atom is -0.497 e. The largest absolute Gasteiger partial charge is 0.497 e. The second-order valence-electron chi connectivity index (χ2n) is 18.7. The molecule has 3 fully saturated rings. The van der Waals surface area contributed by atoms with Crippen LogP contribution in [0.1, 0.15) is 41.1 Å². The Labute approximate surface area is 438 Å². The minimum absolute atomic E-state index is 0.0860. The van der Waals surface area contributed by atoms with Gasteiger partial charge >= 0.3 is 7.75 Å². The standard InChI is InChI=1S/C53H59N12O10P/c1-68-38-18-14-36(15-19-38)53(35-12-8-5-9-13-35,37-16-20-39(69-2)21-17-37)71-28-41-40(26-43(73-41)64-32-60-44-48(54)56-30-58-50(44)64)75-76(67,63-24-22-62(23-25-63)27-34-10-6-4-7-11-34)72-29-42-46(66)47(70-3)52(74-42)65-33-61-45-49(55)57-31-59-51(45)65/h4-21,30-33,40-43,46-47,52,66H,22-29H2,1-3H3,(H2,54,56,58)(H2,55,57,59)/t40-,41+,42+,43+,46+,47+,52+,76?/m0/s1. The molecule has 0 bridgehead atoms. The smallest absolute Gasteiger partial charge is 0.408 e. The van der Waals surface area contributed by atoms with Crippen molar-refractivity contribution in [1.29, 1.82) is 0 Å². The molecule has 0 radical (unpaired) electrons. The number of imidazole rings is 2. The lowest BCUT2D eigenvalue weighted by atomic mass is 9.80. The molecule has 7 heterocycles. The average Bonchev–Trinajstić information content (AvgIpc) is 4.29. The summed E-state index contributed by atoms with van der Waals surface area (Å²) in [5, 5.41) is 11.8. The summed E-state index contributed by atoms with van der Waals surface area (Å²) in [5.74, 6) is 1.73. The van der Waals surface area contributed by atoms with Crippen molar-refractivity contribution in [3.05, 3.63) is 157 Å². The molecular weight excluding hydrogens is 996 g/mol. The molecule has 23 heteroatoms. The summed E-state index contributed by atoms with van der Waals surface area (Å²) in [4.78, 5) is 28.4. The molecule has 8 aromatic rings. The number of ether oxygens (including phenoxy) is 6. The summed E-state index contributed by atoms with van der Waals surface area (Å²) in [6.07, 6.45) is -0.742. The van der Waals surface area contributed by atoms with E-state index in [1.54, 1.807) is 34.4 Å². The molecule has 396 valence electrons. The van der Waals surface area contributed by atoms with Crippen molar-refractivity contribution < 1.29 is 47.1 Å². The first-order valence-corrected chi connectivity index (χ1v) is 26.4. The van der Waals surface area contributed by atoms with Crippen LogP contribution >= 0.6 is 7.75 Å². The van der Waals surface area contributed by atoms with Crippen molar-refractivity contribution in [2.24, 2.45) is 0 Å². The fourth-order valence-electron chi connectivity index (χ4n) is 10.4. The third kappa shape index (κ3) is 9.88. The van der Waals surface area contributed by atoms with Crippen LogP contribution in [0, 0.1) is 0 Å². The van der Waals surface area contributed by atoms with Gasteiger partial charge < -0.3 is 45.0 Å². The molecule has 0 saturated carbocycles. The normalized spacial score (nSPS) is 23.3. The van der Waals surface area contributed by atoms with Crippen molar-refractivity contribution in [2.75, 3.05) is 72.2 Å². The zero-order valence-electron chi connectivity index (χ0n) is 42.1. The number of fused-ring (bicyclic) bond motifs is 2. The van der Waals surface area contributed by atoms with Crippen molar-refractivity contribution in [1.82, 2.24) is 48.6 Å². The van der Waals surface area contributed by atoms with E-state index in [0.29, 0.717) is 66.6 Å². The van der Waals surface area contributed by atoms with Gasteiger partial charge in [-0.15, -0.1) is 0 Å². The predicted molar refractivity (Wildman–Crippen MR) is 279 cm³/mol. The number of piperazine rings is 1. The van der Waals surface area contributed by atoms with Crippen LogP contribution in [-0.4, -0.2) is 145 Å². The number of nitrogen functional groups attached to an aromatic ring is 2. The van der Waals surface area contributed by atoms with Gasteiger partial charge in [0.25, 0.3) is 0 Å². The number of nitrogens with zero attached hydrogens (tertiary/aromatic N) is 10. The number of hydrogen-bond acceptors (Lipinski definition) is 19. The highest BCUT2D eigenvalue weighted by Gasteiger charge is 2.51.